The van der Waals surface area contributed by atoms with Crippen LogP contribution in [0.4, 0.5) is 4.39 Å². The highest BCUT2D eigenvalue weighted by Gasteiger charge is 2.18. The highest BCUT2D eigenvalue weighted by Crippen LogP contribution is 2.16. The summed E-state index contributed by atoms with van der Waals surface area (Å²) in [6.45, 7) is 4.17. The SMILES string of the molecule is CNS(=O)(=O)c1ccc(F)c(C(=O)NCCc2ccc(OC(C)C)cc2)c1. The second kappa shape index (κ2) is 8.96. The van der Waals surface area contributed by atoms with Crippen LogP contribution < -0.4 is 14.8 Å². The summed E-state index contributed by atoms with van der Waals surface area (Å²) in [4.78, 5) is 12.0. The Labute approximate surface area is 158 Å². The Hall–Kier alpha value is -2.45. The van der Waals surface area contributed by atoms with Crippen LogP contribution in [0.1, 0.15) is 29.8 Å². The van der Waals surface area contributed by atoms with Crippen molar-refractivity contribution in [3.63, 3.8) is 0 Å². The van der Waals surface area contributed by atoms with Crippen molar-refractivity contribution < 1.29 is 22.3 Å². The van der Waals surface area contributed by atoms with Crippen molar-refractivity contribution in [2.75, 3.05) is 13.6 Å². The van der Waals surface area contributed by atoms with Crippen LogP contribution >= 0.6 is 0 Å². The molecule has 8 heteroatoms. The summed E-state index contributed by atoms with van der Waals surface area (Å²) in [6.07, 6.45) is 0.636. The standard InChI is InChI=1S/C19H23FN2O4S/c1-13(2)26-15-6-4-14(5-7-15)10-11-22-19(23)17-12-16(8-9-18(17)20)27(24,25)21-3/h4-9,12-13,21H,10-11H2,1-3H3,(H,22,23). The van der Waals surface area contributed by atoms with E-state index in [0.29, 0.717) is 6.42 Å². The first-order chi connectivity index (χ1) is 12.7. The molecule has 1 amide bonds. The summed E-state index contributed by atoms with van der Waals surface area (Å²) in [7, 11) is -2.51. The average Bonchev–Trinajstić information content (AvgIpc) is 2.62. The van der Waals surface area contributed by atoms with Crippen molar-refractivity contribution in [2.24, 2.45) is 0 Å². The molecule has 0 aliphatic heterocycles. The summed E-state index contributed by atoms with van der Waals surface area (Å²) < 4.78 is 45.2. The molecule has 2 N–H and O–H groups in total. The monoisotopic (exact) mass is 394 g/mol. The summed E-state index contributed by atoms with van der Waals surface area (Å²) in [5, 5.41) is 2.61. The van der Waals surface area contributed by atoms with E-state index in [9.17, 15) is 17.6 Å². The van der Waals surface area contributed by atoms with Gasteiger partial charge < -0.3 is 10.1 Å². The van der Waals surface area contributed by atoms with Gasteiger partial charge in [0, 0.05) is 6.54 Å². The topological polar surface area (TPSA) is 84.5 Å². The Balaban J connectivity index is 1.99. The molecule has 27 heavy (non-hydrogen) atoms. The van der Waals surface area contributed by atoms with E-state index >= 15 is 0 Å². The minimum atomic E-state index is -3.76. The van der Waals surface area contributed by atoms with Gasteiger partial charge in [0.2, 0.25) is 10.0 Å². The zero-order valence-corrected chi connectivity index (χ0v) is 16.3. The number of amides is 1. The van der Waals surface area contributed by atoms with Crippen LogP contribution in [0, 0.1) is 5.82 Å². The lowest BCUT2D eigenvalue weighted by Crippen LogP contribution is -2.27. The third kappa shape index (κ3) is 5.77. The van der Waals surface area contributed by atoms with Crippen molar-refractivity contribution >= 4 is 15.9 Å². The van der Waals surface area contributed by atoms with Crippen molar-refractivity contribution in [1.82, 2.24) is 10.0 Å². The molecule has 2 rings (SSSR count). The molecular formula is C19H23FN2O4S. The lowest BCUT2D eigenvalue weighted by atomic mass is 10.1. The van der Waals surface area contributed by atoms with E-state index in [1.807, 2.05) is 38.1 Å². The number of halogens is 1. The first kappa shape index (κ1) is 20.9. The minimum Gasteiger partial charge on any atom is -0.491 e. The van der Waals surface area contributed by atoms with Crippen LogP contribution in [-0.2, 0) is 16.4 Å². The molecule has 146 valence electrons. The van der Waals surface area contributed by atoms with E-state index in [1.165, 1.54) is 7.05 Å². The number of hydrogen-bond acceptors (Lipinski definition) is 4. The third-order valence-corrected chi connectivity index (χ3v) is 5.17. The van der Waals surface area contributed by atoms with Gasteiger partial charge in [0.1, 0.15) is 11.6 Å². The molecule has 0 fully saturated rings. The van der Waals surface area contributed by atoms with E-state index in [-0.39, 0.29) is 23.1 Å². The number of carbonyl (C=O) groups is 1. The smallest absolute Gasteiger partial charge is 0.254 e. The number of benzene rings is 2. The fourth-order valence-corrected chi connectivity index (χ4v) is 3.14. The van der Waals surface area contributed by atoms with Gasteiger partial charge in [-0.15, -0.1) is 0 Å². The highest BCUT2D eigenvalue weighted by molar-refractivity contribution is 7.89. The molecule has 0 aliphatic carbocycles. The van der Waals surface area contributed by atoms with E-state index in [2.05, 4.69) is 10.0 Å². The number of carbonyl (C=O) groups excluding carboxylic acids is 1. The molecular weight excluding hydrogens is 371 g/mol. The van der Waals surface area contributed by atoms with E-state index in [0.717, 1.165) is 29.5 Å². The van der Waals surface area contributed by atoms with Crippen LogP contribution in [0.25, 0.3) is 0 Å². The van der Waals surface area contributed by atoms with Gasteiger partial charge in [-0.05, 0) is 63.2 Å². The predicted octanol–water partition coefficient (Wildman–Crippen LogP) is 2.49. The van der Waals surface area contributed by atoms with Gasteiger partial charge in [0.15, 0.2) is 0 Å². The van der Waals surface area contributed by atoms with Crippen molar-refractivity contribution in [3.05, 3.63) is 59.4 Å². The summed E-state index contributed by atoms with van der Waals surface area (Å²) in [6, 6.07) is 10.6. The first-order valence-electron chi connectivity index (χ1n) is 8.50. The van der Waals surface area contributed by atoms with Crippen LogP contribution in [-0.4, -0.2) is 34.0 Å². The number of sulfonamides is 1. The van der Waals surface area contributed by atoms with E-state index < -0.39 is 21.7 Å². The number of nitrogens with one attached hydrogen (secondary N) is 2. The zero-order valence-electron chi connectivity index (χ0n) is 15.5. The van der Waals surface area contributed by atoms with Gasteiger partial charge in [-0.1, -0.05) is 12.1 Å². The predicted molar refractivity (Wildman–Crippen MR) is 101 cm³/mol. The molecule has 2 aromatic rings. The Kier molecular flexibility index (Phi) is 6.92. The number of ether oxygens (including phenoxy) is 1. The third-order valence-electron chi connectivity index (χ3n) is 3.76. The highest BCUT2D eigenvalue weighted by atomic mass is 32.2. The van der Waals surface area contributed by atoms with Crippen molar-refractivity contribution in [3.8, 4) is 5.75 Å². The minimum absolute atomic E-state index is 0.0903. The maximum absolute atomic E-state index is 13.9. The van der Waals surface area contributed by atoms with Gasteiger partial charge in [-0.25, -0.2) is 17.5 Å². The number of rotatable bonds is 8. The molecule has 0 aromatic heterocycles. The molecule has 0 spiro atoms. The molecule has 6 nitrogen and oxygen atoms in total. The second-order valence-corrected chi connectivity index (χ2v) is 8.05. The molecule has 0 radical (unpaired) electrons. The van der Waals surface area contributed by atoms with Gasteiger partial charge in [0.25, 0.3) is 5.91 Å². The average molecular weight is 394 g/mol. The summed E-state index contributed by atoms with van der Waals surface area (Å²) >= 11 is 0. The van der Waals surface area contributed by atoms with E-state index in [4.69, 9.17) is 4.74 Å². The summed E-state index contributed by atoms with van der Waals surface area (Å²) in [5.74, 6) is -0.680. The fraction of sp³-hybridized carbons (Fsp3) is 0.316. The first-order valence-corrected chi connectivity index (χ1v) is 9.98. The Morgan fingerprint density at radius 3 is 2.41 bits per heavy atom. The normalized spacial score (nSPS) is 11.4. The zero-order chi connectivity index (χ0) is 20.0. The van der Waals surface area contributed by atoms with Crippen LogP contribution in [0.3, 0.4) is 0 Å². The van der Waals surface area contributed by atoms with Gasteiger partial charge in [-0.2, -0.15) is 0 Å². The molecule has 0 aliphatic rings. The fourth-order valence-electron chi connectivity index (χ4n) is 2.39. The quantitative estimate of drug-likeness (QED) is 0.721. The van der Waals surface area contributed by atoms with Gasteiger partial charge in [0.05, 0.1) is 16.6 Å². The molecule has 0 bridgehead atoms. The lowest BCUT2D eigenvalue weighted by molar-refractivity contribution is 0.0950. The lowest BCUT2D eigenvalue weighted by Gasteiger charge is -2.11. The van der Waals surface area contributed by atoms with Crippen molar-refractivity contribution in [1.29, 1.82) is 0 Å². The molecule has 0 unspecified atom stereocenters. The largest absolute Gasteiger partial charge is 0.491 e. The Morgan fingerprint density at radius 1 is 1.15 bits per heavy atom. The Bertz CT molecular complexity index is 896. The molecule has 2 aromatic carbocycles. The molecule has 0 heterocycles. The van der Waals surface area contributed by atoms with Gasteiger partial charge in [-0.3, -0.25) is 4.79 Å². The molecule has 0 atom stereocenters. The molecule has 0 saturated carbocycles. The number of hydrogen-bond donors (Lipinski definition) is 2. The molecule has 0 saturated heterocycles. The Morgan fingerprint density at radius 2 is 1.81 bits per heavy atom. The van der Waals surface area contributed by atoms with Crippen LogP contribution in [0.15, 0.2) is 47.4 Å². The van der Waals surface area contributed by atoms with E-state index in [1.54, 1.807) is 0 Å². The van der Waals surface area contributed by atoms with Gasteiger partial charge >= 0.3 is 0 Å². The maximum atomic E-state index is 13.9. The maximum Gasteiger partial charge on any atom is 0.254 e. The summed E-state index contributed by atoms with van der Waals surface area (Å²) in [5.41, 5.74) is 0.672. The van der Waals surface area contributed by atoms with Crippen molar-refractivity contribution in [2.45, 2.75) is 31.3 Å². The van der Waals surface area contributed by atoms with Crippen LogP contribution in [0.2, 0.25) is 0 Å². The second-order valence-electron chi connectivity index (χ2n) is 6.17. The van der Waals surface area contributed by atoms with Crippen LogP contribution in [0.5, 0.6) is 5.75 Å².